The van der Waals surface area contributed by atoms with Gasteiger partial charge in [0.2, 0.25) is 0 Å². The quantitative estimate of drug-likeness (QED) is 0.716. The van der Waals surface area contributed by atoms with Crippen molar-refractivity contribution in [3.05, 3.63) is 0 Å². The summed E-state index contributed by atoms with van der Waals surface area (Å²) in [6.07, 6.45) is 0.971. The van der Waals surface area contributed by atoms with E-state index in [1.165, 1.54) is 0 Å². The van der Waals surface area contributed by atoms with E-state index in [1.54, 1.807) is 0 Å². The molecule has 1 fully saturated rings. The molecular weight excluding hydrogens is 220 g/mol. The highest BCUT2D eigenvalue weighted by molar-refractivity contribution is 5.69. The van der Waals surface area contributed by atoms with Crippen LogP contribution in [0.3, 0.4) is 0 Å². The van der Waals surface area contributed by atoms with Crippen LogP contribution in [-0.2, 0) is 19.0 Å². The smallest absolute Gasteiger partial charge is 0.306 e. The Morgan fingerprint density at radius 1 is 1.29 bits per heavy atom. The standard InChI is InChI=1S/C13H24O4/c1-11(2,3)16-10(14)7-8-13(6)9-15-12(4,5)17-13/h7-9H2,1-6H3/t13-/m0/s1. The highest BCUT2D eigenvalue weighted by atomic mass is 16.8. The van der Waals surface area contributed by atoms with Gasteiger partial charge in [-0.25, -0.2) is 0 Å². The molecule has 0 aromatic rings. The van der Waals surface area contributed by atoms with Gasteiger partial charge in [0.15, 0.2) is 5.79 Å². The van der Waals surface area contributed by atoms with E-state index in [2.05, 4.69) is 0 Å². The largest absolute Gasteiger partial charge is 0.460 e. The molecule has 0 aliphatic carbocycles. The number of hydrogen-bond donors (Lipinski definition) is 0. The summed E-state index contributed by atoms with van der Waals surface area (Å²) >= 11 is 0. The molecule has 0 aromatic carbocycles. The lowest BCUT2D eigenvalue weighted by Gasteiger charge is -2.25. The molecule has 0 radical (unpaired) electrons. The average Bonchev–Trinajstić information content (AvgIpc) is 2.36. The van der Waals surface area contributed by atoms with Crippen LogP contribution in [0.2, 0.25) is 0 Å². The van der Waals surface area contributed by atoms with Crippen molar-refractivity contribution >= 4 is 5.97 Å². The molecule has 17 heavy (non-hydrogen) atoms. The van der Waals surface area contributed by atoms with Gasteiger partial charge in [-0.3, -0.25) is 4.79 Å². The number of esters is 1. The third-order valence-corrected chi connectivity index (χ3v) is 2.50. The van der Waals surface area contributed by atoms with Crippen molar-refractivity contribution in [2.24, 2.45) is 0 Å². The first kappa shape index (κ1) is 14.5. The van der Waals surface area contributed by atoms with E-state index in [4.69, 9.17) is 14.2 Å². The van der Waals surface area contributed by atoms with Gasteiger partial charge in [0, 0.05) is 6.42 Å². The summed E-state index contributed by atoms with van der Waals surface area (Å²) in [5, 5.41) is 0. The van der Waals surface area contributed by atoms with Gasteiger partial charge in [0.1, 0.15) is 5.60 Å². The van der Waals surface area contributed by atoms with Gasteiger partial charge in [0.25, 0.3) is 0 Å². The zero-order valence-corrected chi connectivity index (χ0v) is 11.8. The van der Waals surface area contributed by atoms with Gasteiger partial charge in [-0.2, -0.15) is 0 Å². The molecule has 0 bridgehead atoms. The maximum absolute atomic E-state index is 11.6. The third kappa shape index (κ3) is 5.04. The molecule has 4 nitrogen and oxygen atoms in total. The SMILES string of the molecule is CC(C)(C)OC(=O)CC[C@@]1(C)COC(C)(C)O1. The molecule has 100 valence electrons. The predicted octanol–water partition coefficient (Wildman–Crippen LogP) is 2.65. The fourth-order valence-corrected chi connectivity index (χ4v) is 1.86. The fraction of sp³-hybridized carbons (Fsp3) is 0.923. The highest BCUT2D eigenvalue weighted by Gasteiger charge is 2.42. The Balaban J connectivity index is 2.39. The van der Waals surface area contributed by atoms with Crippen LogP contribution in [0.4, 0.5) is 0 Å². The molecular formula is C13H24O4. The van der Waals surface area contributed by atoms with Crippen molar-refractivity contribution in [3.63, 3.8) is 0 Å². The second kappa shape index (κ2) is 4.58. The predicted molar refractivity (Wildman–Crippen MR) is 64.6 cm³/mol. The monoisotopic (exact) mass is 244 g/mol. The minimum atomic E-state index is -0.553. The van der Waals surface area contributed by atoms with E-state index >= 15 is 0 Å². The molecule has 1 aliphatic heterocycles. The lowest BCUT2D eigenvalue weighted by Crippen LogP contribution is -2.32. The van der Waals surface area contributed by atoms with Crippen LogP contribution in [0.15, 0.2) is 0 Å². The van der Waals surface area contributed by atoms with E-state index in [1.807, 2.05) is 41.5 Å². The van der Waals surface area contributed by atoms with E-state index < -0.39 is 11.4 Å². The van der Waals surface area contributed by atoms with Gasteiger partial charge < -0.3 is 14.2 Å². The van der Waals surface area contributed by atoms with Gasteiger partial charge in [0.05, 0.1) is 12.2 Å². The van der Waals surface area contributed by atoms with Gasteiger partial charge in [-0.1, -0.05) is 0 Å². The topological polar surface area (TPSA) is 44.8 Å². The summed E-state index contributed by atoms with van der Waals surface area (Å²) in [6.45, 7) is 11.8. The first-order valence-electron chi connectivity index (χ1n) is 6.07. The van der Waals surface area contributed by atoms with Crippen LogP contribution < -0.4 is 0 Å². The highest BCUT2D eigenvalue weighted by Crippen LogP contribution is 2.33. The Labute approximate surface area is 104 Å². The normalized spacial score (nSPS) is 28.1. The summed E-state index contributed by atoms with van der Waals surface area (Å²) in [5.41, 5.74) is -0.815. The lowest BCUT2D eigenvalue weighted by atomic mass is 10.0. The Bertz CT molecular complexity index is 290. The molecule has 0 N–H and O–H groups in total. The van der Waals surface area contributed by atoms with Crippen molar-refractivity contribution in [1.82, 2.24) is 0 Å². The number of rotatable bonds is 3. The zero-order valence-electron chi connectivity index (χ0n) is 11.8. The molecule has 1 rings (SSSR count). The molecule has 4 heteroatoms. The molecule has 0 aromatic heterocycles. The van der Waals surface area contributed by atoms with Crippen molar-refractivity contribution < 1.29 is 19.0 Å². The number of hydrogen-bond acceptors (Lipinski definition) is 4. The van der Waals surface area contributed by atoms with E-state index in [0.717, 1.165) is 0 Å². The fourth-order valence-electron chi connectivity index (χ4n) is 1.86. The summed E-state index contributed by atoms with van der Waals surface area (Å²) in [5.74, 6) is -0.741. The van der Waals surface area contributed by atoms with Crippen LogP contribution in [0, 0.1) is 0 Å². The van der Waals surface area contributed by atoms with Gasteiger partial charge in [-0.05, 0) is 48.0 Å². The Hall–Kier alpha value is -0.610. The molecule has 0 unspecified atom stereocenters. The molecule has 0 saturated carbocycles. The number of carbonyl (C=O) groups excluding carboxylic acids is 1. The molecule has 0 amide bonds. The molecule has 1 aliphatic rings. The molecule has 1 heterocycles. The van der Waals surface area contributed by atoms with Crippen molar-refractivity contribution in [2.75, 3.05) is 6.61 Å². The van der Waals surface area contributed by atoms with Crippen molar-refractivity contribution in [3.8, 4) is 0 Å². The number of ether oxygens (including phenoxy) is 3. The van der Waals surface area contributed by atoms with Gasteiger partial charge >= 0.3 is 5.97 Å². The van der Waals surface area contributed by atoms with Crippen molar-refractivity contribution in [2.45, 2.75) is 71.4 Å². The summed E-state index contributed by atoms with van der Waals surface area (Å²) < 4.78 is 16.6. The van der Waals surface area contributed by atoms with Crippen LogP contribution in [0.25, 0.3) is 0 Å². The maximum Gasteiger partial charge on any atom is 0.306 e. The van der Waals surface area contributed by atoms with Crippen molar-refractivity contribution in [1.29, 1.82) is 0 Å². The average molecular weight is 244 g/mol. The molecule has 1 atom stereocenters. The minimum absolute atomic E-state index is 0.188. The Morgan fingerprint density at radius 3 is 2.29 bits per heavy atom. The third-order valence-electron chi connectivity index (χ3n) is 2.50. The van der Waals surface area contributed by atoms with Crippen LogP contribution >= 0.6 is 0 Å². The van der Waals surface area contributed by atoms with Crippen LogP contribution in [0.5, 0.6) is 0 Å². The second-order valence-corrected chi connectivity index (χ2v) is 6.33. The summed E-state index contributed by atoms with van der Waals surface area (Å²) in [7, 11) is 0. The minimum Gasteiger partial charge on any atom is -0.460 e. The zero-order chi connectivity index (χ0) is 13.3. The summed E-state index contributed by atoms with van der Waals surface area (Å²) in [6, 6.07) is 0. The lowest BCUT2D eigenvalue weighted by molar-refractivity contribution is -0.166. The Morgan fingerprint density at radius 2 is 1.88 bits per heavy atom. The molecule has 0 spiro atoms. The molecule has 1 saturated heterocycles. The van der Waals surface area contributed by atoms with Crippen LogP contribution in [-0.4, -0.2) is 29.6 Å². The van der Waals surface area contributed by atoms with Crippen LogP contribution in [0.1, 0.15) is 54.4 Å². The Kier molecular flexibility index (Phi) is 3.89. The van der Waals surface area contributed by atoms with E-state index in [-0.39, 0.29) is 11.6 Å². The first-order chi connectivity index (χ1) is 7.52. The maximum atomic E-state index is 11.6. The van der Waals surface area contributed by atoms with Gasteiger partial charge in [-0.15, -0.1) is 0 Å². The summed E-state index contributed by atoms with van der Waals surface area (Å²) in [4.78, 5) is 11.6. The number of carbonyl (C=O) groups is 1. The van der Waals surface area contributed by atoms with E-state index in [9.17, 15) is 4.79 Å². The first-order valence-corrected chi connectivity index (χ1v) is 6.07. The van der Waals surface area contributed by atoms with E-state index in [0.29, 0.717) is 19.4 Å². The second-order valence-electron chi connectivity index (χ2n) is 6.33.